The Morgan fingerprint density at radius 3 is 2.97 bits per heavy atom. The highest BCUT2D eigenvalue weighted by atomic mass is 35.5. The van der Waals surface area contributed by atoms with Gasteiger partial charge in [-0.3, -0.25) is 9.78 Å². The van der Waals surface area contributed by atoms with Crippen molar-refractivity contribution in [2.24, 2.45) is 0 Å². The molecule has 2 amide bonds. The van der Waals surface area contributed by atoms with E-state index in [0.717, 1.165) is 35.3 Å². The van der Waals surface area contributed by atoms with E-state index in [1.165, 1.54) is 4.90 Å². The first kappa shape index (κ1) is 23.0. The van der Waals surface area contributed by atoms with Gasteiger partial charge in [-0.25, -0.2) is 4.79 Å². The first-order valence-electron chi connectivity index (χ1n) is 11.6. The molecular formula is C25H26ClN5O4. The number of H-pyrrole nitrogens is 1. The zero-order chi connectivity index (χ0) is 24.5. The molecule has 9 nitrogen and oxygen atoms in total. The third-order valence-corrected chi connectivity index (χ3v) is 6.93. The van der Waals surface area contributed by atoms with Gasteiger partial charge in [0.25, 0.3) is 5.91 Å². The molecule has 0 spiro atoms. The van der Waals surface area contributed by atoms with Crippen molar-refractivity contribution in [3.8, 4) is 17.0 Å². The van der Waals surface area contributed by atoms with Crippen molar-refractivity contribution >= 4 is 35.0 Å². The summed E-state index contributed by atoms with van der Waals surface area (Å²) in [7, 11) is 0. The minimum Gasteiger partial charge on any atom is -0.489 e. The number of likely N-dealkylation sites (tertiary alicyclic amines) is 1. The number of hydrogen-bond donors (Lipinski definition) is 4. The van der Waals surface area contributed by atoms with Crippen LogP contribution in [0.4, 0.5) is 16.2 Å². The number of carboxylic acid groups (broad SMARTS) is 1. The van der Waals surface area contributed by atoms with E-state index in [0.29, 0.717) is 47.2 Å². The second-order valence-corrected chi connectivity index (χ2v) is 8.99. The molecule has 2 aliphatic heterocycles. The monoisotopic (exact) mass is 495 g/mol. The molecule has 10 heteroatoms. The Kier molecular flexibility index (Phi) is 6.25. The molecule has 0 bridgehead atoms. The standard InChI is InChI=1S/C25H26ClN5O4/c1-2-15-17(26)4-3-5-18(15)29-23-21-19(7-10-28-24(21)32)30-22(23)16-6-9-27-12-20(16)35-13-14-8-11-31(14)25(33)34/h3-6,9,12,14,29-30H,2,7-8,10-11,13H2,1H3,(H,28,32)(H,33,34)/t14-/m1/s1. The van der Waals surface area contributed by atoms with Crippen LogP contribution in [0.2, 0.25) is 5.02 Å². The van der Waals surface area contributed by atoms with E-state index < -0.39 is 6.09 Å². The van der Waals surface area contributed by atoms with Crippen molar-refractivity contribution in [2.75, 3.05) is 25.0 Å². The second-order valence-electron chi connectivity index (χ2n) is 8.58. The lowest BCUT2D eigenvalue weighted by atomic mass is 10.0. The summed E-state index contributed by atoms with van der Waals surface area (Å²) in [4.78, 5) is 33.2. The number of nitrogens with zero attached hydrogens (tertiary/aromatic N) is 2. The van der Waals surface area contributed by atoms with Gasteiger partial charge in [-0.2, -0.15) is 0 Å². The number of pyridine rings is 1. The predicted octanol–water partition coefficient (Wildman–Crippen LogP) is 4.45. The fraction of sp³-hybridized carbons (Fsp3) is 0.320. The van der Waals surface area contributed by atoms with E-state index in [9.17, 15) is 14.7 Å². The number of fused-ring (bicyclic) bond motifs is 1. The molecule has 1 fully saturated rings. The van der Waals surface area contributed by atoms with Crippen LogP contribution >= 0.6 is 11.6 Å². The molecule has 0 saturated carbocycles. The fourth-order valence-corrected chi connectivity index (χ4v) is 4.94. The van der Waals surface area contributed by atoms with E-state index >= 15 is 0 Å². The summed E-state index contributed by atoms with van der Waals surface area (Å²) in [6.07, 6.45) is 4.47. The van der Waals surface area contributed by atoms with Crippen LogP contribution in [0.5, 0.6) is 5.75 Å². The minimum atomic E-state index is -0.945. The number of benzene rings is 1. The molecule has 3 aromatic rings. The average Bonchev–Trinajstić information content (AvgIpc) is 3.18. The maximum atomic E-state index is 12.9. The van der Waals surface area contributed by atoms with E-state index in [2.05, 4.69) is 20.6 Å². The molecular weight excluding hydrogens is 470 g/mol. The Hall–Kier alpha value is -3.72. The zero-order valence-electron chi connectivity index (χ0n) is 19.2. The van der Waals surface area contributed by atoms with Gasteiger partial charge in [0, 0.05) is 47.7 Å². The van der Waals surface area contributed by atoms with Gasteiger partial charge in [0.2, 0.25) is 0 Å². The summed E-state index contributed by atoms with van der Waals surface area (Å²) >= 11 is 6.45. The largest absolute Gasteiger partial charge is 0.489 e. The van der Waals surface area contributed by atoms with Crippen LogP contribution in [0.1, 0.15) is 35.0 Å². The summed E-state index contributed by atoms with van der Waals surface area (Å²) in [6.45, 7) is 3.31. The van der Waals surface area contributed by atoms with Gasteiger partial charge < -0.3 is 30.4 Å². The van der Waals surface area contributed by atoms with Crippen LogP contribution < -0.4 is 15.4 Å². The maximum absolute atomic E-state index is 12.9. The summed E-state index contributed by atoms with van der Waals surface area (Å²) in [5, 5.41) is 16.3. The normalized spacial score (nSPS) is 16.8. The Bertz CT molecular complexity index is 1290. The van der Waals surface area contributed by atoms with Crippen LogP contribution in [0.25, 0.3) is 11.3 Å². The molecule has 1 atom stereocenters. The third kappa shape index (κ3) is 4.27. The molecule has 0 aliphatic carbocycles. The maximum Gasteiger partial charge on any atom is 0.407 e. The van der Waals surface area contributed by atoms with Crippen LogP contribution in [0, 0.1) is 0 Å². The molecule has 4 heterocycles. The molecule has 0 radical (unpaired) electrons. The first-order valence-corrected chi connectivity index (χ1v) is 12.0. The molecule has 35 heavy (non-hydrogen) atoms. The van der Waals surface area contributed by atoms with E-state index in [-0.39, 0.29) is 18.6 Å². The van der Waals surface area contributed by atoms with Crippen LogP contribution in [0.15, 0.2) is 36.7 Å². The number of amides is 2. The lowest BCUT2D eigenvalue weighted by molar-refractivity contribution is 0.0500. The summed E-state index contributed by atoms with van der Waals surface area (Å²) in [5.74, 6) is 0.355. The van der Waals surface area contributed by atoms with Gasteiger partial charge in [0.1, 0.15) is 12.4 Å². The summed E-state index contributed by atoms with van der Waals surface area (Å²) < 4.78 is 6.07. The molecule has 2 aromatic heterocycles. The molecule has 182 valence electrons. The number of hydrogen-bond acceptors (Lipinski definition) is 5. The molecule has 5 rings (SSSR count). The van der Waals surface area contributed by atoms with E-state index in [1.807, 2.05) is 31.2 Å². The SMILES string of the molecule is CCc1c(Cl)cccc1Nc1c(-c2ccncc2OC[C@H]2CCN2C(=O)O)[nH]c2c1C(=O)NCC2. The molecule has 4 N–H and O–H groups in total. The zero-order valence-corrected chi connectivity index (χ0v) is 20.0. The van der Waals surface area contributed by atoms with Gasteiger partial charge in [-0.05, 0) is 36.6 Å². The quantitative estimate of drug-likeness (QED) is 0.384. The number of aromatic amines is 1. The predicted molar refractivity (Wildman–Crippen MR) is 133 cm³/mol. The Labute approximate surface area is 207 Å². The van der Waals surface area contributed by atoms with E-state index in [4.69, 9.17) is 16.3 Å². The summed E-state index contributed by atoms with van der Waals surface area (Å²) in [6, 6.07) is 7.29. The smallest absolute Gasteiger partial charge is 0.407 e. The lowest BCUT2D eigenvalue weighted by Crippen LogP contribution is -2.53. The van der Waals surface area contributed by atoms with Crippen molar-refractivity contribution in [1.29, 1.82) is 0 Å². The van der Waals surface area contributed by atoms with Gasteiger partial charge in [0.05, 0.1) is 29.2 Å². The van der Waals surface area contributed by atoms with Gasteiger partial charge >= 0.3 is 6.09 Å². The van der Waals surface area contributed by atoms with Gasteiger partial charge in [-0.15, -0.1) is 0 Å². The van der Waals surface area contributed by atoms with E-state index in [1.54, 1.807) is 12.4 Å². The van der Waals surface area contributed by atoms with Crippen LogP contribution in [-0.4, -0.2) is 57.7 Å². The number of anilines is 2. The van der Waals surface area contributed by atoms with Crippen molar-refractivity contribution < 1.29 is 19.4 Å². The van der Waals surface area contributed by atoms with Gasteiger partial charge in [0.15, 0.2) is 0 Å². The highest BCUT2D eigenvalue weighted by Crippen LogP contribution is 2.41. The number of ether oxygens (including phenoxy) is 1. The number of rotatable bonds is 7. The number of halogens is 1. The Balaban J connectivity index is 1.54. The number of aromatic nitrogens is 2. The number of carbonyl (C=O) groups is 2. The topological polar surface area (TPSA) is 120 Å². The molecule has 2 aliphatic rings. The van der Waals surface area contributed by atoms with Crippen LogP contribution in [0.3, 0.4) is 0 Å². The molecule has 0 unspecified atom stereocenters. The number of nitrogens with one attached hydrogen (secondary N) is 3. The second kappa shape index (κ2) is 9.50. The first-order chi connectivity index (χ1) is 17.0. The Morgan fingerprint density at radius 1 is 1.37 bits per heavy atom. The fourth-order valence-electron chi connectivity index (χ4n) is 4.63. The molecule has 1 aromatic carbocycles. The lowest BCUT2D eigenvalue weighted by Gasteiger charge is -2.38. The van der Waals surface area contributed by atoms with Crippen molar-refractivity contribution in [3.05, 3.63) is 58.5 Å². The Morgan fingerprint density at radius 2 is 2.23 bits per heavy atom. The van der Waals surface area contributed by atoms with Crippen molar-refractivity contribution in [2.45, 2.75) is 32.2 Å². The van der Waals surface area contributed by atoms with Crippen molar-refractivity contribution in [3.63, 3.8) is 0 Å². The summed E-state index contributed by atoms with van der Waals surface area (Å²) in [5.41, 5.74) is 5.25. The average molecular weight is 496 g/mol. The third-order valence-electron chi connectivity index (χ3n) is 6.57. The van der Waals surface area contributed by atoms with Crippen LogP contribution in [-0.2, 0) is 12.8 Å². The van der Waals surface area contributed by atoms with Gasteiger partial charge in [-0.1, -0.05) is 24.6 Å². The highest BCUT2D eigenvalue weighted by molar-refractivity contribution is 6.31. The number of carbonyl (C=O) groups excluding carboxylic acids is 1. The minimum absolute atomic E-state index is 0.153. The molecule has 1 saturated heterocycles. The van der Waals surface area contributed by atoms with Crippen molar-refractivity contribution in [1.82, 2.24) is 20.2 Å². The highest BCUT2D eigenvalue weighted by Gasteiger charge is 2.33.